The van der Waals surface area contributed by atoms with Gasteiger partial charge in [0.1, 0.15) is 5.75 Å². The van der Waals surface area contributed by atoms with E-state index in [1.807, 2.05) is 7.05 Å². The molecule has 0 aliphatic carbocycles. The number of nitrogens with zero attached hydrogens (tertiary/aromatic N) is 3. The third-order valence-corrected chi connectivity index (χ3v) is 3.75. The fraction of sp³-hybridized carbons (Fsp3) is 0.312. The number of hydrogen-bond acceptors (Lipinski definition) is 5. The maximum Gasteiger partial charge on any atom is 0.254 e. The summed E-state index contributed by atoms with van der Waals surface area (Å²) >= 11 is 0. The molecule has 114 valence electrons. The van der Waals surface area contributed by atoms with Crippen molar-refractivity contribution in [2.24, 2.45) is 0 Å². The molecule has 0 unspecified atom stereocenters. The van der Waals surface area contributed by atoms with E-state index in [9.17, 15) is 4.79 Å². The normalized spacial score (nSPS) is 17.2. The minimum absolute atomic E-state index is 0.00158. The van der Waals surface area contributed by atoms with Crippen LogP contribution in [0.2, 0.25) is 0 Å². The summed E-state index contributed by atoms with van der Waals surface area (Å²) in [6.07, 6.45) is 5.66. The van der Waals surface area contributed by atoms with E-state index < -0.39 is 0 Å². The topological polar surface area (TPSA) is 67.4 Å². The Bertz CT molecular complexity index is 642. The number of hydrogen-bond donors (Lipinski definition) is 1. The number of carbonyl (C=O) groups is 1. The van der Waals surface area contributed by atoms with Crippen molar-refractivity contribution in [3.8, 4) is 11.6 Å². The molecule has 1 amide bonds. The zero-order valence-electron chi connectivity index (χ0n) is 12.4. The van der Waals surface area contributed by atoms with E-state index in [1.54, 1.807) is 41.6 Å². The molecule has 1 aliphatic heterocycles. The summed E-state index contributed by atoms with van der Waals surface area (Å²) < 4.78 is 5.62. The molecule has 1 saturated heterocycles. The van der Waals surface area contributed by atoms with Gasteiger partial charge in [0, 0.05) is 37.6 Å². The molecule has 0 spiro atoms. The third kappa shape index (κ3) is 3.23. The Kier molecular flexibility index (Phi) is 4.29. The molecule has 2 heterocycles. The smallest absolute Gasteiger partial charge is 0.254 e. The second-order valence-electron chi connectivity index (χ2n) is 5.24. The van der Waals surface area contributed by atoms with Crippen LogP contribution in [0.15, 0.2) is 42.9 Å². The third-order valence-electron chi connectivity index (χ3n) is 3.75. The highest BCUT2D eigenvalue weighted by atomic mass is 16.5. The van der Waals surface area contributed by atoms with Gasteiger partial charge >= 0.3 is 0 Å². The first-order valence-electron chi connectivity index (χ1n) is 7.26. The Morgan fingerprint density at radius 2 is 2.32 bits per heavy atom. The van der Waals surface area contributed by atoms with E-state index in [4.69, 9.17) is 4.74 Å². The number of nitrogens with one attached hydrogen (secondary N) is 1. The van der Waals surface area contributed by atoms with Crippen molar-refractivity contribution in [1.29, 1.82) is 0 Å². The Balaban J connectivity index is 1.74. The first-order valence-corrected chi connectivity index (χ1v) is 7.26. The molecule has 2 aromatic rings. The van der Waals surface area contributed by atoms with Crippen molar-refractivity contribution in [3.05, 3.63) is 48.4 Å². The Morgan fingerprint density at radius 1 is 1.41 bits per heavy atom. The lowest BCUT2D eigenvalue weighted by molar-refractivity contribution is 0.0743. The zero-order valence-corrected chi connectivity index (χ0v) is 12.4. The summed E-state index contributed by atoms with van der Waals surface area (Å²) in [7, 11) is 1.84. The van der Waals surface area contributed by atoms with Crippen LogP contribution < -0.4 is 10.1 Å². The molecule has 0 radical (unpaired) electrons. The van der Waals surface area contributed by atoms with Gasteiger partial charge < -0.3 is 15.0 Å². The van der Waals surface area contributed by atoms with Gasteiger partial charge in [-0.15, -0.1) is 0 Å². The van der Waals surface area contributed by atoms with Gasteiger partial charge in [0.2, 0.25) is 5.88 Å². The predicted molar refractivity (Wildman–Crippen MR) is 81.9 cm³/mol. The second-order valence-corrected chi connectivity index (χ2v) is 5.24. The van der Waals surface area contributed by atoms with Gasteiger partial charge in [-0.1, -0.05) is 6.07 Å². The quantitative estimate of drug-likeness (QED) is 0.930. The molecule has 0 bridgehead atoms. The molecule has 1 N–H and O–H groups in total. The molecule has 6 heteroatoms. The average molecular weight is 298 g/mol. The van der Waals surface area contributed by atoms with Crippen LogP contribution in [0.1, 0.15) is 16.8 Å². The SMILES string of the molecule is CN(C(=O)c1cccc(Oc2cnccn2)c1)[C@H]1CCNC1. The molecule has 1 aromatic carbocycles. The Hall–Kier alpha value is -2.47. The summed E-state index contributed by atoms with van der Waals surface area (Å²) in [5, 5.41) is 3.27. The van der Waals surface area contributed by atoms with E-state index in [2.05, 4.69) is 15.3 Å². The van der Waals surface area contributed by atoms with Crippen LogP contribution in [0.25, 0.3) is 0 Å². The molecule has 22 heavy (non-hydrogen) atoms. The van der Waals surface area contributed by atoms with Crippen molar-refractivity contribution in [1.82, 2.24) is 20.2 Å². The minimum atomic E-state index is -0.00158. The van der Waals surface area contributed by atoms with Crippen LogP contribution in [0.3, 0.4) is 0 Å². The van der Waals surface area contributed by atoms with E-state index in [0.29, 0.717) is 17.2 Å². The fourth-order valence-electron chi connectivity index (χ4n) is 2.49. The number of amides is 1. The summed E-state index contributed by atoms with van der Waals surface area (Å²) in [6.45, 7) is 1.80. The van der Waals surface area contributed by atoms with Crippen LogP contribution >= 0.6 is 0 Å². The van der Waals surface area contributed by atoms with Crippen molar-refractivity contribution < 1.29 is 9.53 Å². The average Bonchev–Trinajstić information content (AvgIpc) is 3.09. The number of likely N-dealkylation sites (N-methyl/N-ethyl adjacent to an activating group) is 1. The lowest BCUT2D eigenvalue weighted by Crippen LogP contribution is -2.38. The fourth-order valence-corrected chi connectivity index (χ4v) is 2.49. The maximum absolute atomic E-state index is 12.6. The molecule has 1 aromatic heterocycles. The van der Waals surface area contributed by atoms with E-state index in [-0.39, 0.29) is 11.9 Å². The molecular weight excluding hydrogens is 280 g/mol. The summed E-state index contributed by atoms with van der Waals surface area (Å²) in [4.78, 5) is 22.4. The summed E-state index contributed by atoms with van der Waals surface area (Å²) in [5.41, 5.74) is 0.607. The van der Waals surface area contributed by atoms with Gasteiger partial charge in [0.15, 0.2) is 0 Å². The van der Waals surface area contributed by atoms with E-state index >= 15 is 0 Å². The standard InChI is InChI=1S/C16H18N4O2/c1-20(13-5-6-17-10-13)16(21)12-3-2-4-14(9-12)22-15-11-18-7-8-19-15/h2-4,7-9,11,13,17H,5-6,10H2,1H3/t13-/m0/s1. The highest BCUT2D eigenvalue weighted by Crippen LogP contribution is 2.21. The maximum atomic E-state index is 12.6. The van der Waals surface area contributed by atoms with Gasteiger partial charge in [-0.2, -0.15) is 0 Å². The van der Waals surface area contributed by atoms with Crippen LogP contribution in [0.4, 0.5) is 0 Å². The van der Waals surface area contributed by atoms with Crippen LogP contribution in [-0.2, 0) is 0 Å². The minimum Gasteiger partial charge on any atom is -0.437 e. The molecule has 3 rings (SSSR count). The van der Waals surface area contributed by atoms with Crippen molar-refractivity contribution in [3.63, 3.8) is 0 Å². The lowest BCUT2D eigenvalue weighted by Gasteiger charge is -2.24. The van der Waals surface area contributed by atoms with Crippen molar-refractivity contribution in [2.45, 2.75) is 12.5 Å². The summed E-state index contributed by atoms with van der Waals surface area (Å²) in [5.74, 6) is 0.975. The van der Waals surface area contributed by atoms with Crippen LogP contribution in [0.5, 0.6) is 11.6 Å². The van der Waals surface area contributed by atoms with E-state index in [1.165, 1.54) is 6.20 Å². The summed E-state index contributed by atoms with van der Waals surface area (Å²) in [6, 6.07) is 7.38. The number of ether oxygens (including phenoxy) is 1. The van der Waals surface area contributed by atoms with Gasteiger partial charge in [0.25, 0.3) is 5.91 Å². The van der Waals surface area contributed by atoms with Gasteiger partial charge in [0.05, 0.1) is 6.20 Å². The molecule has 1 fully saturated rings. The van der Waals surface area contributed by atoms with Crippen molar-refractivity contribution >= 4 is 5.91 Å². The van der Waals surface area contributed by atoms with Crippen molar-refractivity contribution in [2.75, 3.05) is 20.1 Å². The lowest BCUT2D eigenvalue weighted by atomic mass is 10.1. The van der Waals surface area contributed by atoms with Crippen LogP contribution in [0, 0.1) is 0 Å². The molecule has 0 saturated carbocycles. The highest BCUT2D eigenvalue weighted by Gasteiger charge is 2.24. The number of benzene rings is 1. The van der Waals surface area contributed by atoms with E-state index in [0.717, 1.165) is 19.5 Å². The first kappa shape index (κ1) is 14.5. The van der Waals surface area contributed by atoms with Gasteiger partial charge in [-0.3, -0.25) is 9.78 Å². The molecule has 6 nitrogen and oxygen atoms in total. The Morgan fingerprint density at radius 3 is 3.05 bits per heavy atom. The number of aromatic nitrogens is 2. The zero-order chi connectivity index (χ0) is 15.4. The number of carbonyl (C=O) groups excluding carboxylic acids is 1. The van der Waals surface area contributed by atoms with Crippen LogP contribution in [-0.4, -0.2) is 47.0 Å². The monoisotopic (exact) mass is 298 g/mol. The molecular formula is C16H18N4O2. The second kappa shape index (κ2) is 6.53. The van der Waals surface area contributed by atoms with Gasteiger partial charge in [-0.05, 0) is 31.2 Å². The first-order chi connectivity index (χ1) is 10.7. The highest BCUT2D eigenvalue weighted by molar-refractivity contribution is 5.94. The largest absolute Gasteiger partial charge is 0.437 e. The number of rotatable bonds is 4. The molecule has 1 atom stereocenters. The Labute approximate surface area is 129 Å². The predicted octanol–water partition coefficient (Wildman–Crippen LogP) is 1.70. The van der Waals surface area contributed by atoms with Gasteiger partial charge in [-0.25, -0.2) is 4.98 Å². The molecule has 1 aliphatic rings.